The molecule has 1 aliphatic rings. The number of nitrogens with one attached hydrogen (secondary N) is 3. The first-order valence-corrected chi connectivity index (χ1v) is 12.3. The van der Waals surface area contributed by atoms with E-state index in [4.69, 9.17) is 56.5 Å². The highest BCUT2D eigenvalue weighted by molar-refractivity contribution is 7.80. The zero-order valence-corrected chi connectivity index (χ0v) is 21.7. The quantitative estimate of drug-likeness (QED) is 0.205. The fourth-order valence-corrected chi connectivity index (χ4v) is 5.29. The molecule has 7 nitrogen and oxygen atoms in total. The van der Waals surface area contributed by atoms with Crippen LogP contribution in [0.25, 0.3) is 0 Å². The summed E-state index contributed by atoms with van der Waals surface area (Å²) in [4.78, 5) is 26.2. The van der Waals surface area contributed by atoms with Gasteiger partial charge in [0, 0.05) is 10.4 Å². The number of carbonyl (C=O) groups is 2. The van der Waals surface area contributed by atoms with Gasteiger partial charge in [0.15, 0.2) is 5.11 Å². The molecule has 0 saturated heterocycles. The Balaban J connectivity index is 1.75. The van der Waals surface area contributed by atoms with Gasteiger partial charge in [0.1, 0.15) is 16.9 Å². The Bertz CT molecular complexity index is 1040. The van der Waals surface area contributed by atoms with Gasteiger partial charge in [0.2, 0.25) is 3.79 Å². The van der Waals surface area contributed by atoms with Crippen LogP contribution in [0.15, 0.2) is 24.3 Å². The number of esters is 1. The van der Waals surface area contributed by atoms with Gasteiger partial charge in [-0.25, -0.2) is 4.79 Å². The van der Waals surface area contributed by atoms with E-state index in [-0.39, 0.29) is 5.11 Å². The Hall–Kier alpha value is -1.78. The number of thiophene rings is 1. The summed E-state index contributed by atoms with van der Waals surface area (Å²) in [5.41, 5.74) is 1.79. The van der Waals surface area contributed by atoms with Crippen LogP contribution in [0, 0.1) is 0 Å². The second-order valence-corrected chi connectivity index (χ2v) is 11.1. The van der Waals surface area contributed by atoms with Gasteiger partial charge in [0.05, 0.1) is 19.8 Å². The molecule has 1 aromatic heterocycles. The average Bonchev–Trinajstić information content (AvgIpc) is 3.15. The summed E-state index contributed by atoms with van der Waals surface area (Å²) in [6, 6.07) is 6.45. The predicted molar refractivity (Wildman–Crippen MR) is 136 cm³/mol. The average molecular weight is 551 g/mol. The van der Waals surface area contributed by atoms with Crippen LogP contribution in [-0.4, -0.2) is 41.2 Å². The third-order valence-electron chi connectivity index (χ3n) is 5.02. The van der Waals surface area contributed by atoms with Crippen molar-refractivity contribution in [1.29, 1.82) is 0 Å². The number of fused-ring (bicyclic) bond motifs is 1. The Kier molecular flexibility index (Phi) is 8.69. The molecule has 0 fully saturated rings. The largest absolute Gasteiger partial charge is 0.497 e. The molecule has 1 heterocycles. The molecule has 1 aromatic carbocycles. The van der Waals surface area contributed by atoms with Crippen molar-refractivity contribution in [3.05, 3.63) is 45.8 Å². The molecule has 1 aliphatic carbocycles. The van der Waals surface area contributed by atoms with Crippen LogP contribution in [0.1, 0.15) is 44.0 Å². The van der Waals surface area contributed by atoms with Crippen molar-refractivity contribution in [1.82, 2.24) is 10.6 Å². The maximum absolute atomic E-state index is 12.7. The molecule has 0 bridgehead atoms. The summed E-state index contributed by atoms with van der Waals surface area (Å²) in [6.07, 6.45) is 2.59. The molecule has 33 heavy (non-hydrogen) atoms. The van der Waals surface area contributed by atoms with E-state index >= 15 is 0 Å². The topological polar surface area (TPSA) is 88.7 Å². The molecule has 0 unspecified atom stereocenters. The number of halogens is 3. The normalized spacial score (nSPS) is 14.0. The van der Waals surface area contributed by atoms with Crippen molar-refractivity contribution < 1.29 is 19.1 Å². The van der Waals surface area contributed by atoms with Crippen LogP contribution in [0.4, 0.5) is 5.00 Å². The van der Waals surface area contributed by atoms with Gasteiger partial charge >= 0.3 is 5.97 Å². The number of benzene rings is 1. The number of anilines is 1. The molecular weight excluding hydrogens is 529 g/mol. The van der Waals surface area contributed by atoms with Crippen LogP contribution >= 0.6 is 58.4 Å². The van der Waals surface area contributed by atoms with Crippen molar-refractivity contribution in [3.8, 4) is 5.75 Å². The standard InChI is InChI=1S/C21H22Cl3N3O4S2/c1-30-12-9-7-11(8-10-12)16(28)25-19(21(22,23)24)27-20(32)26-17-15(18(29)31-2)13-5-3-4-6-14(13)33-17/h7-10,19H,3-6H2,1-2H3,(H,25,28)(H2,26,27,32)/t19-/m1/s1. The van der Waals surface area contributed by atoms with Crippen LogP contribution < -0.4 is 20.7 Å². The van der Waals surface area contributed by atoms with Gasteiger partial charge < -0.3 is 25.4 Å². The zero-order chi connectivity index (χ0) is 24.2. The summed E-state index contributed by atoms with van der Waals surface area (Å²) >= 11 is 25.1. The number of ether oxygens (including phenoxy) is 2. The first kappa shape index (κ1) is 25.8. The number of methoxy groups -OCH3 is 2. The summed E-state index contributed by atoms with van der Waals surface area (Å²) in [5.74, 6) is -0.315. The van der Waals surface area contributed by atoms with E-state index in [1.54, 1.807) is 24.3 Å². The second-order valence-electron chi connectivity index (χ2n) is 7.18. The van der Waals surface area contributed by atoms with Crippen molar-refractivity contribution in [2.45, 2.75) is 35.6 Å². The molecule has 0 spiro atoms. The third kappa shape index (κ3) is 6.42. The van der Waals surface area contributed by atoms with E-state index in [9.17, 15) is 9.59 Å². The summed E-state index contributed by atoms with van der Waals surface area (Å²) < 4.78 is 8.14. The van der Waals surface area contributed by atoms with E-state index in [0.29, 0.717) is 21.9 Å². The SMILES string of the molecule is COC(=O)c1c(NC(=S)N[C@@H](NC(=O)c2ccc(OC)cc2)C(Cl)(Cl)Cl)sc2c1CCCC2. The number of carbonyl (C=O) groups excluding carboxylic acids is 2. The second kappa shape index (κ2) is 11.1. The Morgan fingerprint density at radius 2 is 1.76 bits per heavy atom. The highest BCUT2D eigenvalue weighted by Crippen LogP contribution is 2.38. The van der Waals surface area contributed by atoms with Crippen LogP contribution in [-0.2, 0) is 17.6 Å². The lowest BCUT2D eigenvalue weighted by Gasteiger charge is -2.27. The van der Waals surface area contributed by atoms with E-state index in [0.717, 1.165) is 36.1 Å². The van der Waals surface area contributed by atoms with Crippen LogP contribution in [0.2, 0.25) is 0 Å². The minimum atomic E-state index is -1.92. The van der Waals surface area contributed by atoms with E-state index in [1.807, 2.05) is 0 Å². The van der Waals surface area contributed by atoms with Gasteiger partial charge in [-0.3, -0.25) is 4.79 Å². The molecule has 1 amide bonds. The molecule has 3 N–H and O–H groups in total. The van der Waals surface area contributed by atoms with Gasteiger partial charge in [-0.1, -0.05) is 34.8 Å². The van der Waals surface area contributed by atoms with Crippen molar-refractivity contribution in [3.63, 3.8) is 0 Å². The van der Waals surface area contributed by atoms with Gasteiger partial charge in [0.25, 0.3) is 5.91 Å². The molecule has 178 valence electrons. The first-order chi connectivity index (χ1) is 15.6. The number of aryl methyl sites for hydroxylation is 1. The number of alkyl halides is 3. The van der Waals surface area contributed by atoms with Crippen molar-refractivity contribution in [2.24, 2.45) is 0 Å². The molecule has 3 rings (SSSR count). The van der Waals surface area contributed by atoms with Crippen LogP contribution in [0.3, 0.4) is 0 Å². The molecule has 0 radical (unpaired) electrons. The monoisotopic (exact) mass is 549 g/mol. The molecule has 0 saturated carbocycles. The molecule has 2 aromatic rings. The zero-order valence-electron chi connectivity index (χ0n) is 17.8. The maximum Gasteiger partial charge on any atom is 0.341 e. The number of hydrogen-bond donors (Lipinski definition) is 3. The van der Waals surface area contributed by atoms with E-state index in [2.05, 4.69) is 16.0 Å². The molecule has 1 atom stereocenters. The smallest absolute Gasteiger partial charge is 0.341 e. The fraction of sp³-hybridized carbons (Fsp3) is 0.381. The minimum absolute atomic E-state index is 0.0742. The summed E-state index contributed by atoms with van der Waals surface area (Å²) in [7, 11) is 2.87. The Labute approximate surface area is 216 Å². The lowest BCUT2D eigenvalue weighted by atomic mass is 9.95. The first-order valence-electron chi connectivity index (χ1n) is 9.96. The van der Waals surface area contributed by atoms with Crippen LogP contribution in [0.5, 0.6) is 5.75 Å². The fourth-order valence-electron chi connectivity index (χ4n) is 3.40. The predicted octanol–water partition coefficient (Wildman–Crippen LogP) is 4.83. The van der Waals surface area contributed by atoms with Gasteiger partial charge in [-0.2, -0.15) is 0 Å². The number of thiocarbonyl (C=S) groups is 1. The van der Waals surface area contributed by atoms with Crippen molar-refractivity contribution in [2.75, 3.05) is 19.5 Å². The number of amides is 1. The Morgan fingerprint density at radius 1 is 1.09 bits per heavy atom. The molecule has 0 aliphatic heterocycles. The summed E-state index contributed by atoms with van der Waals surface area (Å²) in [6.45, 7) is 0. The Morgan fingerprint density at radius 3 is 2.36 bits per heavy atom. The van der Waals surface area contributed by atoms with Gasteiger partial charge in [-0.05, 0) is 67.7 Å². The number of rotatable bonds is 6. The van der Waals surface area contributed by atoms with Gasteiger partial charge in [-0.15, -0.1) is 11.3 Å². The van der Waals surface area contributed by atoms with E-state index in [1.165, 1.54) is 25.6 Å². The van der Waals surface area contributed by atoms with Crippen molar-refractivity contribution >= 4 is 80.3 Å². The molecule has 12 heteroatoms. The lowest BCUT2D eigenvalue weighted by Crippen LogP contribution is -2.56. The lowest BCUT2D eigenvalue weighted by molar-refractivity contribution is 0.0600. The summed E-state index contributed by atoms with van der Waals surface area (Å²) in [5, 5.41) is 9.07. The number of hydrogen-bond acceptors (Lipinski definition) is 6. The van der Waals surface area contributed by atoms with E-state index < -0.39 is 21.8 Å². The molecular formula is C21H22Cl3N3O4S2. The highest BCUT2D eigenvalue weighted by atomic mass is 35.6. The minimum Gasteiger partial charge on any atom is -0.497 e. The highest BCUT2D eigenvalue weighted by Gasteiger charge is 2.35. The maximum atomic E-state index is 12.7. The third-order valence-corrected chi connectivity index (χ3v) is 7.10.